The molecule has 8 nitrogen and oxygen atoms in total. The summed E-state index contributed by atoms with van der Waals surface area (Å²) >= 11 is 1.37. The highest BCUT2D eigenvalue weighted by Gasteiger charge is 2.40. The Morgan fingerprint density at radius 2 is 1.84 bits per heavy atom. The topological polar surface area (TPSA) is 89.5 Å². The van der Waals surface area contributed by atoms with Crippen LogP contribution in [0.15, 0.2) is 36.7 Å². The van der Waals surface area contributed by atoms with E-state index in [2.05, 4.69) is 25.2 Å². The Bertz CT molecular complexity index is 1010. The Morgan fingerprint density at radius 1 is 1.13 bits per heavy atom. The lowest BCUT2D eigenvalue weighted by Gasteiger charge is -2.39. The van der Waals surface area contributed by atoms with Gasteiger partial charge < -0.3 is 14.8 Å². The van der Waals surface area contributed by atoms with Crippen LogP contribution >= 0.6 is 11.3 Å². The fourth-order valence-corrected chi connectivity index (χ4v) is 5.46. The SMILES string of the molecule is CC(=O)N[C@H]1C[C@H]2CC[C@@H](C1)N2CCOc1ccc(Oc2nc3nccnc3s2)cc1. The maximum Gasteiger partial charge on any atom is 0.282 e. The number of nitrogens with zero attached hydrogens (tertiary/aromatic N) is 4. The van der Waals surface area contributed by atoms with Crippen LogP contribution in [0.2, 0.25) is 0 Å². The van der Waals surface area contributed by atoms with E-state index in [-0.39, 0.29) is 5.91 Å². The van der Waals surface area contributed by atoms with Crippen LogP contribution in [0.5, 0.6) is 16.7 Å². The monoisotopic (exact) mass is 439 g/mol. The minimum Gasteiger partial charge on any atom is -0.492 e. The largest absolute Gasteiger partial charge is 0.492 e. The van der Waals surface area contributed by atoms with Gasteiger partial charge in [-0.2, -0.15) is 4.98 Å². The van der Waals surface area contributed by atoms with Crippen molar-refractivity contribution >= 4 is 27.7 Å². The highest BCUT2D eigenvalue weighted by molar-refractivity contribution is 7.19. The van der Waals surface area contributed by atoms with Gasteiger partial charge in [0.2, 0.25) is 5.91 Å². The standard InChI is InChI=1S/C22H25N5O3S/c1-14(28)25-15-12-16-2-3-17(13-15)27(16)10-11-29-18-4-6-19(7-5-18)30-22-26-20-21(31-22)24-9-8-23-20/h4-9,15-17H,2-3,10-13H2,1H3,(H,25,28)/t15-,16+,17-. The molecule has 3 aromatic rings. The smallest absolute Gasteiger partial charge is 0.282 e. The molecule has 1 amide bonds. The first-order valence-corrected chi connectivity index (χ1v) is 11.5. The summed E-state index contributed by atoms with van der Waals surface area (Å²) in [5.74, 6) is 1.59. The van der Waals surface area contributed by atoms with Crippen LogP contribution in [-0.2, 0) is 4.79 Å². The molecular weight excluding hydrogens is 414 g/mol. The Labute approximate surface area is 184 Å². The number of carbonyl (C=O) groups is 1. The van der Waals surface area contributed by atoms with Crippen LogP contribution < -0.4 is 14.8 Å². The molecule has 2 aromatic heterocycles. The third-order valence-electron chi connectivity index (χ3n) is 5.97. The second-order valence-corrected chi connectivity index (χ2v) is 9.02. The minimum atomic E-state index is 0.0741. The molecule has 2 saturated heterocycles. The summed E-state index contributed by atoms with van der Waals surface area (Å²) < 4.78 is 11.8. The van der Waals surface area contributed by atoms with Crippen molar-refractivity contribution < 1.29 is 14.3 Å². The molecule has 0 spiro atoms. The zero-order valence-electron chi connectivity index (χ0n) is 17.4. The molecule has 0 saturated carbocycles. The lowest BCUT2D eigenvalue weighted by Crippen LogP contribution is -2.51. The molecule has 2 aliphatic rings. The van der Waals surface area contributed by atoms with Gasteiger partial charge in [0.25, 0.3) is 5.19 Å². The van der Waals surface area contributed by atoms with Gasteiger partial charge in [-0.1, -0.05) is 11.3 Å². The summed E-state index contributed by atoms with van der Waals surface area (Å²) in [6.45, 7) is 3.16. The van der Waals surface area contributed by atoms with E-state index in [1.807, 2.05) is 24.3 Å². The van der Waals surface area contributed by atoms with E-state index in [0.717, 1.165) is 30.0 Å². The third kappa shape index (κ3) is 4.62. The van der Waals surface area contributed by atoms with E-state index in [0.29, 0.717) is 41.3 Å². The summed E-state index contributed by atoms with van der Waals surface area (Å²) in [6.07, 6.45) is 7.77. The highest BCUT2D eigenvalue weighted by atomic mass is 32.1. The van der Waals surface area contributed by atoms with Crippen LogP contribution in [0.1, 0.15) is 32.6 Å². The van der Waals surface area contributed by atoms with Crippen LogP contribution in [0.3, 0.4) is 0 Å². The van der Waals surface area contributed by atoms with Crippen LogP contribution in [0, 0.1) is 0 Å². The lowest BCUT2D eigenvalue weighted by atomic mass is 9.97. The average Bonchev–Trinajstić information content (AvgIpc) is 3.26. The fourth-order valence-electron chi connectivity index (χ4n) is 4.72. The quantitative estimate of drug-likeness (QED) is 0.603. The molecule has 3 atom stereocenters. The van der Waals surface area contributed by atoms with E-state index in [4.69, 9.17) is 9.47 Å². The average molecular weight is 440 g/mol. The second kappa shape index (κ2) is 8.76. The molecule has 2 fully saturated rings. The summed E-state index contributed by atoms with van der Waals surface area (Å²) in [5.41, 5.74) is 0.595. The number of aromatic nitrogens is 3. The number of hydrogen-bond donors (Lipinski definition) is 1. The van der Waals surface area contributed by atoms with Crippen molar-refractivity contribution in [3.63, 3.8) is 0 Å². The molecule has 4 heterocycles. The van der Waals surface area contributed by atoms with Gasteiger partial charge in [-0.05, 0) is 49.9 Å². The Morgan fingerprint density at radius 3 is 2.55 bits per heavy atom. The van der Waals surface area contributed by atoms with Crippen molar-refractivity contribution in [3.05, 3.63) is 36.7 Å². The number of benzene rings is 1. The Balaban J connectivity index is 1.11. The number of ether oxygens (including phenoxy) is 2. The molecule has 2 aliphatic heterocycles. The molecule has 162 valence electrons. The van der Waals surface area contributed by atoms with Crippen LogP contribution in [-0.4, -0.2) is 57.0 Å². The summed E-state index contributed by atoms with van der Waals surface area (Å²) in [5, 5.41) is 3.62. The number of piperidine rings is 1. The van der Waals surface area contributed by atoms with Crippen molar-refractivity contribution in [1.82, 2.24) is 25.2 Å². The number of nitrogens with one attached hydrogen (secondary N) is 1. The summed E-state index contributed by atoms with van der Waals surface area (Å²) in [4.78, 5) is 27.4. The molecule has 0 aliphatic carbocycles. The van der Waals surface area contributed by atoms with Crippen molar-refractivity contribution in [2.45, 2.75) is 50.7 Å². The molecule has 1 N–H and O–H groups in total. The molecule has 0 radical (unpaired) electrons. The molecule has 1 aromatic carbocycles. The minimum absolute atomic E-state index is 0.0741. The first kappa shape index (κ1) is 20.1. The number of hydrogen-bond acceptors (Lipinski definition) is 8. The van der Waals surface area contributed by atoms with Crippen molar-refractivity contribution in [2.75, 3.05) is 13.2 Å². The zero-order chi connectivity index (χ0) is 21.2. The van der Waals surface area contributed by atoms with Gasteiger partial charge in [0.1, 0.15) is 18.1 Å². The molecular formula is C22H25N5O3S. The predicted octanol–water partition coefficient (Wildman–Crippen LogP) is 3.39. The fraction of sp³-hybridized carbons (Fsp3) is 0.455. The normalized spacial score (nSPS) is 23.1. The summed E-state index contributed by atoms with van der Waals surface area (Å²) in [6, 6.07) is 9.01. The molecule has 9 heteroatoms. The highest BCUT2D eigenvalue weighted by Crippen LogP contribution is 2.35. The third-order valence-corrected chi connectivity index (χ3v) is 6.80. The van der Waals surface area contributed by atoms with E-state index >= 15 is 0 Å². The van der Waals surface area contributed by atoms with Gasteiger partial charge >= 0.3 is 0 Å². The number of thiazole rings is 1. The number of rotatable bonds is 7. The van der Waals surface area contributed by atoms with Crippen molar-refractivity contribution in [2.24, 2.45) is 0 Å². The van der Waals surface area contributed by atoms with E-state index in [1.54, 1.807) is 19.3 Å². The van der Waals surface area contributed by atoms with Crippen molar-refractivity contribution in [3.8, 4) is 16.7 Å². The maximum absolute atomic E-state index is 11.4. The number of fused-ring (bicyclic) bond motifs is 3. The zero-order valence-corrected chi connectivity index (χ0v) is 18.2. The Kier molecular flexibility index (Phi) is 5.69. The van der Waals surface area contributed by atoms with E-state index in [9.17, 15) is 4.79 Å². The van der Waals surface area contributed by atoms with Gasteiger partial charge in [-0.25, -0.2) is 9.97 Å². The van der Waals surface area contributed by atoms with Crippen LogP contribution in [0.25, 0.3) is 10.5 Å². The molecule has 0 unspecified atom stereocenters. The lowest BCUT2D eigenvalue weighted by molar-refractivity contribution is -0.120. The number of amides is 1. The Hall–Kier alpha value is -2.78. The predicted molar refractivity (Wildman–Crippen MR) is 118 cm³/mol. The van der Waals surface area contributed by atoms with E-state index in [1.165, 1.54) is 24.2 Å². The molecule has 31 heavy (non-hydrogen) atoms. The van der Waals surface area contributed by atoms with Crippen molar-refractivity contribution in [1.29, 1.82) is 0 Å². The molecule has 2 bridgehead atoms. The van der Waals surface area contributed by atoms with Gasteiger partial charge in [0.05, 0.1) is 0 Å². The van der Waals surface area contributed by atoms with Crippen LogP contribution in [0.4, 0.5) is 0 Å². The number of carbonyl (C=O) groups excluding carboxylic acids is 1. The van der Waals surface area contributed by atoms with Gasteiger partial charge in [0, 0.05) is 44.0 Å². The van der Waals surface area contributed by atoms with Gasteiger partial charge in [-0.15, -0.1) is 0 Å². The molecule has 5 rings (SSSR count). The van der Waals surface area contributed by atoms with Gasteiger partial charge in [0.15, 0.2) is 10.5 Å². The maximum atomic E-state index is 11.4. The van der Waals surface area contributed by atoms with Gasteiger partial charge in [-0.3, -0.25) is 9.69 Å². The second-order valence-electron chi connectivity index (χ2n) is 8.08. The first-order chi connectivity index (χ1) is 15.1. The van der Waals surface area contributed by atoms with E-state index < -0.39 is 0 Å². The summed E-state index contributed by atoms with van der Waals surface area (Å²) in [7, 11) is 0. The first-order valence-electron chi connectivity index (χ1n) is 10.6.